The molecule has 1 aliphatic heterocycles. The fourth-order valence-corrected chi connectivity index (χ4v) is 6.17. The van der Waals surface area contributed by atoms with E-state index in [1.807, 2.05) is 18.2 Å². The number of aliphatic imine (C=N–C) groups is 1. The lowest BCUT2D eigenvalue weighted by Gasteiger charge is -2.33. The number of nitrogens with one attached hydrogen (secondary N) is 1. The number of fused-ring (bicyclic) bond motifs is 1. The van der Waals surface area contributed by atoms with Crippen LogP contribution in [0.2, 0.25) is 5.02 Å². The van der Waals surface area contributed by atoms with E-state index in [4.69, 9.17) is 17.3 Å². The summed E-state index contributed by atoms with van der Waals surface area (Å²) in [5, 5.41) is 1.51. The van der Waals surface area contributed by atoms with Gasteiger partial charge in [0.1, 0.15) is 5.54 Å². The van der Waals surface area contributed by atoms with Crippen molar-refractivity contribution >= 4 is 49.8 Å². The molecule has 0 radical (unpaired) electrons. The number of pyridine rings is 1. The Morgan fingerprint density at radius 3 is 2.88 bits per heavy atom. The maximum absolute atomic E-state index is 12.4. The Hall–Kier alpha value is -2.10. The summed E-state index contributed by atoms with van der Waals surface area (Å²) in [5.74, 6) is -0.227. The summed E-state index contributed by atoms with van der Waals surface area (Å²) in [6.45, 7) is 1.74. The lowest BCUT2D eigenvalue weighted by Crippen LogP contribution is -2.50. The number of guanidine groups is 1. The fraction of sp³-hybridized carbons (Fsp3) is 0.250. The molecular weight excluding hydrogens is 394 g/mol. The third kappa shape index (κ3) is 2.67. The number of thiophene rings is 1. The number of aromatic amines is 1. The minimum atomic E-state index is -3.55. The highest BCUT2D eigenvalue weighted by atomic mass is 35.5. The van der Waals surface area contributed by atoms with Gasteiger partial charge in [0.15, 0.2) is 0 Å². The van der Waals surface area contributed by atoms with Crippen molar-refractivity contribution in [2.24, 2.45) is 10.7 Å². The van der Waals surface area contributed by atoms with Crippen LogP contribution in [0, 0.1) is 0 Å². The van der Waals surface area contributed by atoms with Crippen molar-refractivity contribution in [3.8, 4) is 10.6 Å². The van der Waals surface area contributed by atoms with Gasteiger partial charge in [-0.1, -0.05) is 11.6 Å². The SMILES string of the molecule is CN1C(N)=N[C@](C)(c2sc(-c3cc4ccncc4[nH]3)cc2Cl)CS1(=O)=O. The number of nitrogens with two attached hydrogens (primary N) is 1. The van der Waals surface area contributed by atoms with Gasteiger partial charge in [-0.2, -0.15) is 0 Å². The molecule has 0 bridgehead atoms. The van der Waals surface area contributed by atoms with Crippen molar-refractivity contribution < 1.29 is 8.42 Å². The molecule has 136 valence electrons. The number of hydrogen-bond acceptors (Lipinski definition) is 6. The zero-order valence-corrected chi connectivity index (χ0v) is 16.4. The van der Waals surface area contributed by atoms with Gasteiger partial charge in [0.05, 0.1) is 37.9 Å². The quantitative estimate of drug-likeness (QED) is 0.678. The lowest BCUT2D eigenvalue weighted by molar-refractivity contribution is 0.482. The first-order valence-corrected chi connectivity index (χ1v) is 10.5. The van der Waals surface area contributed by atoms with E-state index < -0.39 is 15.6 Å². The summed E-state index contributed by atoms with van der Waals surface area (Å²) in [6.07, 6.45) is 3.49. The average molecular weight is 410 g/mol. The van der Waals surface area contributed by atoms with Crippen LogP contribution in [-0.2, 0) is 15.6 Å². The molecule has 3 N–H and O–H groups in total. The highest BCUT2D eigenvalue weighted by molar-refractivity contribution is 7.89. The van der Waals surface area contributed by atoms with E-state index in [0.717, 1.165) is 25.8 Å². The van der Waals surface area contributed by atoms with Crippen LogP contribution in [0.25, 0.3) is 21.5 Å². The molecule has 4 rings (SSSR count). The zero-order valence-electron chi connectivity index (χ0n) is 14.0. The van der Waals surface area contributed by atoms with E-state index in [0.29, 0.717) is 9.90 Å². The van der Waals surface area contributed by atoms with Gasteiger partial charge in [-0.3, -0.25) is 4.98 Å². The Kier molecular flexibility index (Phi) is 3.80. The summed E-state index contributed by atoms with van der Waals surface area (Å²) >= 11 is 7.87. The van der Waals surface area contributed by atoms with Crippen molar-refractivity contribution in [2.45, 2.75) is 12.5 Å². The Morgan fingerprint density at radius 1 is 1.42 bits per heavy atom. The van der Waals surface area contributed by atoms with Crippen molar-refractivity contribution in [1.82, 2.24) is 14.3 Å². The number of sulfonamides is 1. The molecule has 26 heavy (non-hydrogen) atoms. The number of nitrogens with zero attached hydrogens (tertiary/aromatic N) is 3. The predicted molar refractivity (Wildman–Crippen MR) is 105 cm³/mol. The molecule has 1 atom stereocenters. The summed E-state index contributed by atoms with van der Waals surface area (Å²) in [5.41, 5.74) is 6.62. The van der Waals surface area contributed by atoms with Gasteiger partial charge < -0.3 is 10.7 Å². The van der Waals surface area contributed by atoms with Crippen LogP contribution in [0.4, 0.5) is 0 Å². The lowest BCUT2D eigenvalue weighted by atomic mass is 10.0. The molecule has 1 aliphatic rings. The molecule has 10 heteroatoms. The number of aromatic nitrogens is 2. The smallest absolute Gasteiger partial charge is 0.239 e. The highest BCUT2D eigenvalue weighted by Gasteiger charge is 2.42. The fourth-order valence-electron chi connectivity index (χ4n) is 3.04. The molecule has 0 saturated carbocycles. The highest BCUT2D eigenvalue weighted by Crippen LogP contribution is 2.44. The second-order valence-corrected chi connectivity index (χ2v) is 9.86. The molecule has 0 aliphatic carbocycles. The second kappa shape index (κ2) is 5.70. The van der Waals surface area contributed by atoms with E-state index in [1.165, 1.54) is 18.4 Å². The predicted octanol–water partition coefficient (Wildman–Crippen LogP) is 2.75. The average Bonchev–Trinajstić information content (AvgIpc) is 3.15. The number of H-pyrrole nitrogens is 1. The maximum atomic E-state index is 12.4. The molecule has 0 amide bonds. The molecule has 0 fully saturated rings. The number of rotatable bonds is 2. The third-order valence-corrected chi connectivity index (χ3v) is 8.21. The van der Waals surface area contributed by atoms with E-state index in [-0.39, 0.29) is 11.7 Å². The monoisotopic (exact) mass is 409 g/mol. The first-order valence-electron chi connectivity index (χ1n) is 7.74. The first-order chi connectivity index (χ1) is 12.2. The molecular formula is C16H16ClN5O2S2. The summed E-state index contributed by atoms with van der Waals surface area (Å²) < 4.78 is 25.8. The van der Waals surface area contributed by atoms with E-state index in [1.54, 1.807) is 19.3 Å². The molecule has 7 nitrogen and oxygen atoms in total. The number of hydrogen-bond donors (Lipinski definition) is 2. The van der Waals surface area contributed by atoms with E-state index in [2.05, 4.69) is 15.0 Å². The van der Waals surface area contributed by atoms with Crippen LogP contribution < -0.4 is 5.73 Å². The third-order valence-electron chi connectivity index (χ3n) is 4.43. The molecule has 3 aromatic heterocycles. The van der Waals surface area contributed by atoms with Crippen molar-refractivity contribution in [3.63, 3.8) is 0 Å². The van der Waals surface area contributed by atoms with E-state index >= 15 is 0 Å². The Labute approximate surface area is 159 Å². The van der Waals surface area contributed by atoms with Gasteiger partial charge in [-0.05, 0) is 25.1 Å². The summed E-state index contributed by atoms with van der Waals surface area (Å²) in [7, 11) is -2.15. The second-order valence-electron chi connectivity index (χ2n) is 6.40. The van der Waals surface area contributed by atoms with Crippen LogP contribution in [0.3, 0.4) is 0 Å². The molecule has 0 spiro atoms. The zero-order chi connectivity index (χ0) is 18.7. The van der Waals surface area contributed by atoms with Crippen LogP contribution in [0.5, 0.6) is 0 Å². The van der Waals surface area contributed by atoms with Gasteiger partial charge in [0.25, 0.3) is 0 Å². The van der Waals surface area contributed by atoms with Crippen LogP contribution in [0.15, 0.2) is 35.6 Å². The van der Waals surface area contributed by atoms with Crippen LogP contribution >= 0.6 is 22.9 Å². The largest absolute Gasteiger partial charge is 0.369 e. The first kappa shape index (κ1) is 17.3. The molecule has 0 unspecified atom stereocenters. The van der Waals surface area contributed by atoms with Gasteiger partial charge >= 0.3 is 0 Å². The normalized spacial score (nSPS) is 22.6. The number of halogens is 1. The van der Waals surface area contributed by atoms with Gasteiger partial charge in [-0.15, -0.1) is 11.3 Å². The van der Waals surface area contributed by atoms with Crippen molar-refractivity contribution in [3.05, 3.63) is 40.5 Å². The summed E-state index contributed by atoms with van der Waals surface area (Å²) in [4.78, 5) is 13.4. The van der Waals surface area contributed by atoms with E-state index in [9.17, 15) is 8.42 Å². The van der Waals surface area contributed by atoms with Crippen molar-refractivity contribution in [2.75, 3.05) is 12.8 Å². The minimum Gasteiger partial charge on any atom is -0.369 e. The summed E-state index contributed by atoms with van der Waals surface area (Å²) in [6, 6.07) is 5.75. The minimum absolute atomic E-state index is 0.0403. The molecule has 3 aromatic rings. The van der Waals surface area contributed by atoms with Gasteiger partial charge in [0.2, 0.25) is 16.0 Å². The molecule has 0 saturated heterocycles. The topological polar surface area (TPSA) is 104 Å². The van der Waals surface area contributed by atoms with Gasteiger partial charge in [-0.25, -0.2) is 17.7 Å². The van der Waals surface area contributed by atoms with Crippen LogP contribution in [-0.4, -0.2) is 41.5 Å². The Bertz CT molecular complexity index is 1120. The van der Waals surface area contributed by atoms with Gasteiger partial charge in [0, 0.05) is 18.6 Å². The molecule has 0 aromatic carbocycles. The molecule has 4 heterocycles. The Balaban J connectivity index is 1.82. The standard InChI is InChI=1S/C16H16ClN5O2S2/c1-16(8-26(23,24)22(2)15(18)21-16)14-10(17)6-13(25-14)11-5-9-3-4-19-7-12(9)20-11/h3-7,20H,8H2,1-2H3,(H2,18,21)/t16-/m0/s1. The van der Waals surface area contributed by atoms with Crippen molar-refractivity contribution in [1.29, 1.82) is 0 Å². The maximum Gasteiger partial charge on any atom is 0.239 e. The van der Waals surface area contributed by atoms with Crippen LogP contribution in [0.1, 0.15) is 11.8 Å². The Morgan fingerprint density at radius 2 is 2.19 bits per heavy atom.